The number of hydrogen-bond acceptors (Lipinski definition) is 2. The van der Waals surface area contributed by atoms with Crippen LogP contribution in [0.2, 0.25) is 0 Å². The van der Waals surface area contributed by atoms with Crippen LogP contribution in [0.1, 0.15) is 5.69 Å². The van der Waals surface area contributed by atoms with Crippen LogP contribution in [0.25, 0.3) is 0 Å². The van der Waals surface area contributed by atoms with Crippen LogP contribution < -0.4 is 0 Å². The van der Waals surface area contributed by atoms with Crippen molar-refractivity contribution in [2.45, 2.75) is 5.75 Å². The van der Waals surface area contributed by atoms with Crippen molar-refractivity contribution in [2.75, 3.05) is 0 Å². The molecule has 0 amide bonds. The summed E-state index contributed by atoms with van der Waals surface area (Å²) in [6, 6.07) is 15.7. The van der Waals surface area contributed by atoms with Gasteiger partial charge in [-0.1, -0.05) is 6.07 Å². The molecular formula is C11H11Cl2NSZr. The van der Waals surface area contributed by atoms with Gasteiger partial charge in [-0.15, -0.1) is 5.75 Å². The Morgan fingerprint density at radius 2 is 1.81 bits per heavy atom. The van der Waals surface area contributed by atoms with E-state index in [9.17, 15) is 0 Å². The number of pyridine rings is 1. The molecule has 1 heterocycles. The van der Waals surface area contributed by atoms with Crippen LogP contribution in [0.5, 0.6) is 0 Å². The molecule has 1 aromatic heterocycles. The molecule has 16 heavy (non-hydrogen) atoms. The molecule has 0 spiro atoms. The molecule has 0 aliphatic rings. The van der Waals surface area contributed by atoms with Crippen LogP contribution in [-0.4, -0.2) is 4.98 Å². The van der Waals surface area contributed by atoms with E-state index in [4.69, 9.17) is 29.7 Å². The number of halogens is 2. The van der Waals surface area contributed by atoms with Gasteiger partial charge in [-0.05, 0) is 12.1 Å². The Morgan fingerprint density at radius 3 is 2.06 bits per heavy atom. The Balaban J connectivity index is 0.000000241. The van der Waals surface area contributed by atoms with Gasteiger partial charge < -0.3 is 12.6 Å². The minimum Gasteiger partial charge on any atom is -0.787 e. The summed E-state index contributed by atoms with van der Waals surface area (Å²) in [6.45, 7) is 0. The van der Waals surface area contributed by atoms with Gasteiger partial charge in [-0.2, -0.15) is 18.2 Å². The van der Waals surface area contributed by atoms with Gasteiger partial charge in [0.25, 0.3) is 0 Å². The molecule has 0 aliphatic carbocycles. The molecule has 5 heteroatoms. The fraction of sp³-hybridized carbons (Fsp3) is 0.0909. The van der Waals surface area contributed by atoms with E-state index in [-0.39, 0.29) is 0 Å². The van der Waals surface area contributed by atoms with Crippen molar-refractivity contribution in [2.24, 2.45) is 0 Å². The van der Waals surface area contributed by atoms with Crippen molar-refractivity contribution in [3.8, 4) is 0 Å². The van der Waals surface area contributed by atoms with Crippen molar-refractivity contribution >= 4 is 29.7 Å². The van der Waals surface area contributed by atoms with Gasteiger partial charge in [-0.25, -0.2) is 12.1 Å². The molecule has 1 nitrogen and oxygen atoms in total. The second-order valence-electron chi connectivity index (χ2n) is 2.50. The zero-order valence-corrected chi connectivity index (χ0v) is 13.3. The fourth-order valence-electron chi connectivity index (χ4n) is 0.804. The Morgan fingerprint density at radius 1 is 1.19 bits per heavy atom. The van der Waals surface area contributed by atoms with Gasteiger partial charge in [0.15, 0.2) is 0 Å². The van der Waals surface area contributed by atoms with Crippen LogP contribution in [0.15, 0.2) is 54.7 Å². The maximum Gasteiger partial charge on any atom is 0.0270 e. The van der Waals surface area contributed by atoms with Crippen molar-refractivity contribution in [3.05, 3.63) is 60.4 Å². The molecule has 2 aromatic rings. The Kier molecular flexibility index (Phi) is 13.6. The molecule has 0 fully saturated rings. The van der Waals surface area contributed by atoms with E-state index in [2.05, 4.69) is 4.98 Å². The van der Waals surface area contributed by atoms with Crippen LogP contribution in [0, 0.1) is 0 Å². The van der Waals surface area contributed by atoms with Gasteiger partial charge in [0.05, 0.1) is 0 Å². The van der Waals surface area contributed by atoms with E-state index < -0.39 is 20.8 Å². The van der Waals surface area contributed by atoms with Crippen LogP contribution in [-0.2, 0) is 39.2 Å². The van der Waals surface area contributed by atoms with E-state index in [1.165, 1.54) is 0 Å². The Hall–Kier alpha value is 0.313. The van der Waals surface area contributed by atoms with Crippen LogP contribution >= 0.6 is 17.0 Å². The van der Waals surface area contributed by atoms with Gasteiger partial charge in [0.2, 0.25) is 0 Å². The van der Waals surface area contributed by atoms with Crippen molar-refractivity contribution in [3.63, 3.8) is 0 Å². The third-order valence-corrected chi connectivity index (χ3v) is 1.73. The summed E-state index contributed by atoms with van der Waals surface area (Å²) in [4.78, 5) is 3.99. The minimum atomic E-state index is -0.826. The van der Waals surface area contributed by atoms with Gasteiger partial charge in [0, 0.05) is 11.9 Å². The monoisotopic (exact) mass is 349 g/mol. The molecule has 1 aromatic carbocycles. The Bertz CT molecular complexity index is 299. The van der Waals surface area contributed by atoms with Gasteiger partial charge in [-0.3, -0.25) is 4.98 Å². The molecule has 0 unspecified atom stereocenters. The molecule has 0 aliphatic heterocycles. The van der Waals surface area contributed by atoms with Crippen molar-refractivity contribution in [1.82, 2.24) is 4.98 Å². The molecule has 0 radical (unpaired) electrons. The molecule has 0 bridgehead atoms. The van der Waals surface area contributed by atoms with Gasteiger partial charge in [0.1, 0.15) is 0 Å². The quantitative estimate of drug-likeness (QED) is 0.571. The molecule has 0 N–H and O–H groups in total. The zero-order chi connectivity index (χ0) is 12.1. The molecule has 84 valence electrons. The number of hydrogen-bond donors (Lipinski definition) is 0. The first-order chi connectivity index (χ1) is 7.85. The molecule has 0 atom stereocenters. The predicted octanol–water partition coefficient (Wildman–Crippen LogP) is 3.91. The van der Waals surface area contributed by atoms with Gasteiger partial charge >= 0.3 is 37.9 Å². The summed E-state index contributed by atoms with van der Waals surface area (Å²) < 4.78 is 0. The zero-order valence-electron chi connectivity index (χ0n) is 8.51. The number of rotatable bonds is 1. The standard InChI is InChI=1S/C6H7NS.C5H5.2ClH.Zr/c8-5-6-3-1-2-4-7-6;1-2-4-5-3-1;;;/h1-4,8H,5H2;1-5H;2*1H;/q;-1;;;+4/p-3. The first kappa shape index (κ1) is 16.3. The van der Waals surface area contributed by atoms with Crippen LogP contribution in [0.3, 0.4) is 0 Å². The van der Waals surface area contributed by atoms with E-state index in [1.807, 2.05) is 48.5 Å². The first-order valence-corrected chi connectivity index (χ1v) is 11.4. The van der Waals surface area contributed by atoms with E-state index in [0.717, 1.165) is 5.69 Å². The van der Waals surface area contributed by atoms with E-state index >= 15 is 0 Å². The second-order valence-corrected chi connectivity index (χ2v) is 6.52. The summed E-state index contributed by atoms with van der Waals surface area (Å²) in [5, 5.41) is 0. The average Bonchev–Trinajstić information content (AvgIpc) is 2.90. The molecule has 0 saturated carbocycles. The minimum absolute atomic E-state index is 0.612. The fourth-order valence-corrected chi connectivity index (χ4v) is 0.975. The predicted molar refractivity (Wildman–Crippen MR) is 69.0 cm³/mol. The molecule has 0 saturated heterocycles. The first-order valence-electron chi connectivity index (χ1n) is 4.46. The average molecular weight is 351 g/mol. The van der Waals surface area contributed by atoms with Crippen molar-refractivity contribution in [1.29, 1.82) is 0 Å². The summed E-state index contributed by atoms with van der Waals surface area (Å²) in [6.07, 6.45) is 1.75. The van der Waals surface area contributed by atoms with E-state index in [1.54, 1.807) is 6.20 Å². The van der Waals surface area contributed by atoms with E-state index in [0.29, 0.717) is 5.75 Å². The summed E-state index contributed by atoms with van der Waals surface area (Å²) >= 11 is 3.93. The molecular weight excluding hydrogens is 340 g/mol. The van der Waals surface area contributed by atoms with Crippen molar-refractivity contribution < 1.29 is 20.8 Å². The number of aromatic nitrogens is 1. The maximum atomic E-state index is 4.93. The third kappa shape index (κ3) is 10.8. The number of nitrogens with zero attached hydrogens (tertiary/aromatic N) is 1. The Labute approximate surface area is 121 Å². The largest absolute Gasteiger partial charge is 0.787 e. The summed E-state index contributed by atoms with van der Waals surface area (Å²) in [5.41, 5.74) is 0.975. The summed E-state index contributed by atoms with van der Waals surface area (Å²) in [5.74, 6) is 0.612. The second kappa shape index (κ2) is 13.4. The normalized spacial score (nSPS) is 7.69. The van der Waals surface area contributed by atoms with Crippen LogP contribution in [0.4, 0.5) is 0 Å². The topological polar surface area (TPSA) is 12.9 Å². The maximum absolute atomic E-state index is 4.93. The summed E-state index contributed by atoms with van der Waals surface area (Å²) in [7, 11) is 9.87. The molecule has 2 rings (SSSR count). The smallest absolute Gasteiger partial charge is 0.0270 e. The third-order valence-electron chi connectivity index (χ3n) is 1.43. The SMILES string of the molecule is [Cl][Zr+2][Cl].[S-]Cc1ccccn1.c1cc[cH-]c1.